The van der Waals surface area contributed by atoms with Crippen LogP contribution in [0.25, 0.3) is 0 Å². The molecule has 2 atom stereocenters. The van der Waals surface area contributed by atoms with Crippen LogP contribution >= 0.6 is 11.6 Å². The third-order valence-electron chi connectivity index (χ3n) is 6.59. The second-order valence-corrected chi connectivity index (χ2v) is 9.35. The summed E-state index contributed by atoms with van der Waals surface area (Å²) in [7, 11) is 0. The molecule has 2 aromatic rings. The fourth-order valence-corrected chi connectivity index (χ4v) is 4.75. The van der Waals surface area contributed by atoms with E-state index in [9.17, 15) is 9.59 Å². The molecule has 2 saturated heterocycles. The molecule has 0 radical (unpaired) electrons. The van der Waals surface area contributed by atoms with Crippen LogP contribution in [0.4, 0.5) is 0 Å². The highest BCUT2D eigenvalue weighted by Gasteiger charge is 2.30. The Morgan fingerprint density at radius 1 is 1.06 bits per heavy atom. The van der Waals surface area contributed by atoms with E-state index in [-0.39, 0.29) is 23.8 Å². The maximum absolute atomic E-state index is 13.1. The number of likely N-dealkylation sites (tertiary alicyclic amines) is 1. The molecule has 1 N–H and O–H groups in total. The Labute approximate surface area is 200 Å². The van der Waals surface area contributed by atoms with Gasteiger partial charge in [0.15, 0.2) is 0 Å². The summed E-state index contributed by atoms with van der Waals surface area (Å²) in [6, 6.07) is 15.6. The molecule has 7 heteroatoms. The molecule has 33 heavy (non-hydrogen) atoms. The van der Waals surface area contributed by atoms with Crippen molar-refractivity contribution in [3.8, 4) is 0 Å². The van der Waals surface area contributed by atoms with E-state index < -0.39 is 0 Å². The quantitative estimate of drug-likeness (QED) is 0.700. The number of carbonyl (C=O) groups is 2. The Bertz CT molecular complexity index is 942. The highest BCUT2D eigenvalue weighted by Crippen LogP contribution is 2.23. The Kier molecular flexibility index (Phi) is 8.02. The number of rotatable bonds is 6. The van der Waals surface area contributed by atoms with Crippen LogP contribution in [-0.2, 0) is 9.53 Å². The summed E-state index contributed by atoms with van der Waals surface area (Å²) in [5.74, 6) is -0.220. The van der Waals surface area contributed by atoms with Gasteiger partial charge in [0.25, 0.3) is 5.91 Å². The number of halogens is 1. The maximum atomic E-state index is 13.1. The summed E-state index contributed by atoms with van der Waals surface area (Å²) in [6.07, 6.45) is 1.62. The maximum Gasteiger partial charge on any atom is 0.253 e. The summed E-state index contributed by atoms with van der Waals surface area (Å²) in [6.45, 7) is 6.86. The number of amides is 2. The summed E-state index contributed by atoms with van der Waals surface area (Å²) in [4.78, 5) is 30.2. The first-order valence-electron chi connectivity index (χ1n) is 11.7. The van der Waals surface area contributed by atoms with E-state index in [4.69, 9.17) is 16.3 Å². The molecule has 0 aliphatic carbocycles. The average Bonchev–Trinajstić information content (AvgIpc) is 2.86. The van der Waals surface area contributed by atoms with E-state index in [1.165, 1.54) is 11.1 Å². The lowest BCUT2D eigenvalue weighted by molar-refractivity contribution is -0.126. The van der Waals surface area contributed by atoms with Crippen LogP contribution in [0.5, 0.6) is 0 Å². The number of hydrogen-bond acceptors (Lipinski definition) is 4. The third kappa shape index (κ3) is 6.14. The van der Waals surface area contributed by atoms with Gasteiger partial charge in [0.2, 0.25) is 5.91 Å². The standard InChI is InChI=1S/C26H32ClN3O3/c1-19-4-6-20(7-5-19)24(29-13-15-33-16-14-29)17-28-25(31)22-3-2-12-30(18-22)26(32)21-8-10-23(27)11-9-21/h4-11,22,24H,2-3,12-18H2,1H3,(H,28,31). The number of nitrogens with one attached hydrogen (secondary N) is 1. The SMILES string of the molecule is Cc1ccc(C(CNC(=O)C2CCCN(C(=O)c3ccc(Cl)cc3)C2)N2CCOCC2)cc1. The van der Waals surface area contributed by atoms with E-state index in [0.717, 1.165) is 25.9 Å². The Morgan fingerprint density at radius 2 is 1.76 bits per heavy atom. The van der Waals surface area contributed by atoms with E-state index in [1.54, 1.807) is 29.2 Å². The molecule has 0 bridgehead atoms. The second-order valence-electron chi connectivity index (χ2n) is 8.92. The lowest BCUT2D eigenvalue weighted by Gasteiger charge is -2.36. The van der Waals surface area contributed by atoms with Gasteiger partial charge in [-0.1, -0.05) is 41.4 Å². The molecule has 176 valence electrons. The lowest BCUT2D eigenvalue weighted by atomic mass is 9.96. The van der Waals surface area contributed by atoms with Gasteiger partial charge < -0.3 is 15.0 Å². The smallest absolute Gasteiger partial charge is 0.253 e. The predicted molar refractivity (Wildman–Crippen MR) is 129 cm³/mol. The summed E-state index contributed by atoms with van der Waals surface area (Å²) < 4.78 is 5.53. The monoisotopic (exact) mass is 469 g/mol. The molecule has 0 spiro atoms. The molecule has 0 saturated carbocycles. The molecule has 4 rings (SSSR count). The van der Waals surface area contributed by atoms with Crippen LogP contribution in [0.1, 0.15) is 40.4 Å². The number of ether oxygens (including phenoxy) is 1. The molecule has 2 unspecified atom stereocenters. The van der Waals surface area contributed by atoms with Crippen molar-refractivity contribution in [1.29, 1.82) is 0 Å². The van der Waals surface area contributed by atoms with E-state index in [2.05, 4.69) is 41.4 Å². The highest BCUT2D eigenvalue weighted by molar-refractivity contribution is 6.30. The number of nitrogens with zero attached hydrogens (tertiary/aromatic N) is 2. The van der Waals surface area contributed by atoms with E-state index in [0.29, 0.717) is 43.4 Å². The number of benzene rings is 2. The minimum absolute atomic E-state index is 0.0222. The van der Waals surface area contributed by atoms with Crippen molar-refractivity contribution in [2.75, 3.05) is 45.9 Å². The second kappa shape index (κ2) is 11.1. The van der Waals surface area contributed by atoms with Gasteiger partial charge >= 0.3 is 0 Å². The number of aryl methyl sites for hydroxylation is 1. The van der Waals surface area contributed by atoms with Gasteiger partial charge in [0.05, 0.1) is 25.2 Å². The van der Waals surface area contributed by atoms with Crippen molar-refractivity contribution in [3.63, 3.8) is 0 Å². The number of morpholine rings is 1. The number of hydrogen-bond donors (Lipinski definition) is 1. The number of piperidine rings is 1. The molecule has 2 aliphatic rings. The van der Waals surface area contributed by atoms with E-state index in [1.807, 2.05) is 0 Å². The number of carbonyl (C=O) groups excluding carboxylic acids is 2. The van der Waals surface area contributed by atoms with Gasteiger partial charge in [-0.15, -0.1) is 0 Å². The van der Waals surface area contributed by atoms with Crippen LogP contribution < -0.4 is 5.32 Å². The molecule has 2 amide bonds. The van der Waals surface area contributed by atoms with Crippen molar-refractivity contribution in [3.05, 3.63) is 70.2 Å². The van der Waals surface area contributed by atoms with Crippen LogP contribution in [0, 0.1) is 12.8 Å². The van der Waals surface area contributed by atoms with Gasteiger partial charge in [0.1, 0.15) is 0 Å². The zero-order valence-corrected chi connectivity index (χ0v) is 19.9. The Morgan fingerprint density at radius 3 is 2.45 bits per heavy atom. The first-order valence-corrected chi connectivity index (χ1v) is 12.1. The van der Waals surface area contributed by atoms with Gasteiger partial charge in [0, 0.05) is 43.3 Å². The van der Waals surface area contributed by atoms with Gasteiger partial charge in [-0.05, 0) is 49.6 Å². The first-order chi connectivity index (χ1) is 16.0. The molecular formula is C26H32ClN3O3. The van der Waals surface area contributed by atoms with Crippen molar-refractivity contribution in [1.82, 2.24) is 15.1 Å². The normalized spacial score (nSPS) is 20.3. The first kappa shape index (κ1) is 23.7. The van der Waals surface area contributed by atoms with Gasteiger partial charge in [-0.25, -0.2) is 0 Å². The molecule has 6 nitrogen and oxygen atoms in total. The molecule has 2 aromatic carbocycles. The predicted octanol–water partition coefficient (Wildman–Crippen LogP) is 3.69. The summed E-state index contributed by atoms with van der Waals surface area (Å²) in [5, 5.41) is 3.80. The highest BCUT2D eigenvalue weighted by atomic mass is 35.5. The van der Waals surface area contributed by atoms with E-state index >= 15 is 0 Å². The third-order valence-corrected chi connectivity index (χ3v) is 6.84. The van der Waals surface area contributed by atoms with Crippen LogP contribution in [0.2, 0.25) is 5.02 Å². The molecule has 0 aromatic heterocycles. The molecule has 2 aliphatic heterocycles. The Hall–Kier alpha value is -2.41. The zero-order chi connectivity index (χ0) is 23.2. The van der Waals surface area contributed by atoms with Crippen molar-refractivity contribution in [2.24, 2.45) is 5.92 Å². The topological polar surface area (TPSA) is 61.9 Å². The van der Waals surface area contributed by atoms with Crippen LogP contribution in [-0.4, -0.2) is 67.6 Å². The molecular weight excluding hydrogens is 438 g/mol. The minimum atomic E-state index is -0.196. The van der Waals surface area contributed by atoms with Crippen LogP contribution in [0.3, 0.4) is 0 Å². The largest absolute Gasteiger partial charge is 0.379 e. The fraction of sp³-hybridized carbons (Fsp3) is 0.462. The van der Waals surface area contributed by atoms with Crippen molar-refractivity contribution < 1.29 is 14.3 Å². The lowest BCUT2D eigenvalue weighted by Crippen LogP contribution is -2.48. The van der Waals surface area contributed by atoms with Crippen LogP contribution in [0.15, 0.2) is 48.5 Å². The van der Waals surface area contributed by atoms with Crippen molar-refractivity contribution >= 4 is 23.4 Å². The summed E-state index contributed by atoms with van der Waals surface area (Å²) >= 11 is 5.95. The fourth-order valence-electron chi connectivity index (χ4n) is 4.63. The van der Waals surface area contributed by atoms with Crippen molar-refractivity contribution in [2.45, 2.75) is 25.8 Å². The molecule has 2 heterocycles. The Balaban J connectivity index is 1.38. The minimum Gasteiger partial charge on any atom is -0.379 e. The zero-order valence-electron chi connectivity index (χ0n) is 19.1. The molecule has 2 fully saturated rings. The average molecular weight is 470 g/mol. The van der Waals surface area contributed by atoms with Gasteiger partial charge in [-0.2, -0.15) is 0 Å². The van der Waals surface area contributed by atoms with Gasteiger partial charge in [-0.3, -0.25) is 14.5 Å². The summed E-state index contributed by atoms with van der Waals surface area (Å²) in [5.41, 5.74) is 3.02.